The Balaban J connectivity index is 1.83. The first-order chi connectivity index (χ1) is 12.0. The van der Waals surface area contributed by atoms with E-state index in [0.717, 1.165) is 43.3 Å². The normalized spacial score (nSPS) is 16.6. The molecule has 3 heterocycles. The topological polar surface area (TPSA) is 66.3 Å². The third-order valence-corrected chi connectivity index (χ3v) is 4.99. The van der Waals surface area contributed by atoms with Crippen molar-refractivity contribution in [1.82, 2.24) is 19.4 Å². The predicted octanol–water partition coefficient (Wildman–Crippen LogP) is 2.64. The minimum absolute atomic E-state index is 0.534. The van der Waals surface area contributed by atoms with Crippen LogP contribution in [0.15, 0.2) is 36.5 Å². The van der Waals surface area contributed by atoms with E-state index in [0.29, 0.717) is 17.6 Å². The van der Waals surface area contributed by atoms with Crippen molar-refractivity contribution in [3.05, 3.63) is 53.5 Å². The monoisotopic (exact) mass is 341 g/mol. The molecule has 2 aromatic rings. The van der Waals surface area contributed by atoms with E-state index in [9.17, 15) is 9.90 Å². The molecule has 0 aliphatic carbocycles. The molecule has 0 spiro atoms. The first kappa shape index (κ1) is 17.4. The zero-order chi connectivity index (χ0) is 17.9. The van der Waals surface area contributed by atoms with E-state index in [1.54, 1.807) is 0 Å². The fourth-order valence-electron chi connectivity index (χ4n) is 3.46. The second kappa shape index (κ2) is 7.19. The average molecular weight is 341 g/mol. The van der Waals surface area contributed by atoms with Gasteiger partial charge in [-0.05, 0) is 37.6 Å². The van der Waals surface area contributed by atoms with Gasteiger partial charge in [-0.25, -0.2) is 9.78 Å². The first-order valence-electron chi connectivity index (χ1n) is 8.68. The molecule has 0 saturated carbocycles. The van der Waals surface area contributed by atoms with Crippen LogP contribution in [0, 0.1) is 13.8 Å². The number of piperazine rings is 1. The third-order valence-electron chi connectivity index (χ3n) is 4.99. The highest BCUT2D eigenvalue weighted by molar-refractivity contribution is 5.65. The lowest BCUT2D eigenvalue weighted by Gasteiger charge is -2.42. The lowest BCUT2D eigenvalue weighted by Crippen LogP contribution is -2.62. The van der Waals surface area contributed by atoms with Gasteiger partial charge in [-0.15, -0.1) is 0 Å². The van der Waals surface area contributed by atoms with Gasteiger partial charge in [0.25, 0.3) is 0 Å². The van der Waals surface area contributed by atoms with E-state index in [2.05, 4.69) is 24.0 Å². The van der Waals surface area contributed by atoms with Gasteiger partial charge in [0.15, 0.2) is 0 Å². The molecule has 0 radical (unpaired) electrons. The lowest BCUT2D eigenvalue weighted by molar-refractivity contribution is 0.106. The quantitative estimate of drug-likeness (QED) is 0.868. The maximum Gasteiger partial charge on any atom is 0.407 e. The van der Waals surface area contributed by atoms with E-state index >= 15 is 0 Å². The van der Waals surface area contributed by atoms with Crippen LogP contribution in [0.1, 0.15) is 17.0 Å². The second-order valence-electron chi connectivity index (χ2n) is 6.80. The Labute approximate surface area is 148 Å². The number of rotatable bonds is 4. The Bertz CT molecular complexity index is 755. The molecular formula is C19H25N4O2+. The molecule has 6 heteroatoms. The van der Waals surface area contributed by atoms with Crippen LogP contribution in [0.5, 0.6) is 0 Å². The summed E-state index contributed by atoms with van der Waals surface area (Å²) in [5.41, 5.74) is 3.27. The van der Waals surface area contributed by atoms with E-state index in [1.165, 1.54) is 10.5 Å². The van der Waals surface area contributed by atoms with Gasteiger partial charge in [-0.3, -0.25) is 14.4 Å². The summed E-state index contributed by atoms with van der Waals surface area (Å²) < 4.78 is 0.709. The fraction of sp³-hybridized carbons (Fsp3) is 0.421. The van der Waals surface area contributed by atoms with Crippen LogP contribution in [0.3, 0.4) is 0 Å². The highest BCUT2D eigenvalue weighted by Gasteiger charge is 2.37. The van der Waals surface area contributed by atoms with Crippen LogP contribution in [-0.2, 0) is 6.42 Å². The van der Waals surface area contributed by atoms with Crippen LogP contribution in [0.25, 0.3) is 0 Å². The first-order valence-corrected chi connectivity index (χ1v) is 8.68. The predicted molar refractivity (Wildman–Crippen MR) is 97.6 cm³/mol. The van der Waals surface area contributed by atoms with Gasteiger partial charge in [0, 0.05) is 30.1 Å². The molecule has 0 aromatic carbocycles. The molecule has 0 unspecified atom stereocenters. The highest BCUT2D eigenvalue weighted by Crippen LogP contribution is 2.24. The Hall–Kier alpha value is -2.47. The van der Waals surface area contributed by atoms with E-state index in [4.69, 9.17) is 4.98 Å². The molecule has 0 atom stereocenters. The molecule has 2 aromatic heterocycles. The van der Waals surface area contributed by atoms with Crippen LogP contribution in [-0.4, -0.2) is 58.8 Å². The van der Waals surface area contributed by atoms with Crippen molar-refractivity contribution in [3.8, 4) is 0 Å². The SMILES string of the molecule is Cc1ccnc(CC[N+]2(c3cccc(C)n3)CCN(C(=O)O)CC2)c1. The molecule has 1 saturated heterocycles. The number of carboxylic acid groups (broad SMARTS) is 1. The number of aryl methyl sites for hydroxylation is 2. The fourth-order valence-corrected chi connectivity index (χ4v) is 3.46. The summed E-state index contributed by atoms with van der Waals surface area (Å²) in [7, 11) is 0. The van der Waals surface area contributed by atoms with Crippen molar-refractivity contribution in [3.63, 3.8) is 0 Å². The lowest BCUT2D eigenvalue weighted by atomic mass is 10.1. The Kier molecular flexibility index (Phi) is 4.99. The van der Waals surface area contributed by atoms with Crippen LogP contribution in [0.4, 0.5) is 10.6 Å². The number of hydrogen-bond acceptors (Lipinski definition) is 3. The largest absolute Gasteiger partial charge is 0.465 e. The van der Waals surface area contributed by atoms with E-state index in [-0.39, 0.29) is 0 Å². The zero-order valence-corrected chi connectivity index (χ0v) is 14.9. The maximum absolute atomic E-state index is 11.3. The Morgan fingerprint density at radius 3 is 2.64 bits per heavy atom. The minimum atomic E-state index is -0.838. The molecule has 1 aliphatic rings. The van der Waals surface area contributed by atoms with Crippen molar-refractivity contribution in [1.29, 1.82) is 0 Å². The molecule has 1 fully saturated rings. The smallest absolute Gasteiger partial charge is 0.407 e. The van der Waals surface area contributed by atoms with Gasteiger partial charge < -0.3 is 5.11 Å². The number of carbonyl (C=O) groups is 1. The number of quaternary nitrogens is 1. The molecule has 25 heavy (non-hydrogen) atoms. The molecule has 1 amide bonds. The summed E-state index contributed by atoms with van der Waals surface area (Å²) in [6.07, 6.45) is 1.86. The molecule has 6 nitrogen and oxygen atoms in total. The number of amides is 1. The summed E-state index contributed by atoms with van der Waals surface area (Å²) in [5.74, 6) is 1.03. The summed E-state index contributed by atoms with van der Waals surface area (Å²) in [5, 5.41) is 9.25. The standard InChI is InChI=1S/C19H24N4O2/c1-15-6-8-20-17(14-15)7-11-23(18-5-3-4-16(2)21-18)12-9-22(10-13-23)19(24)25/h3-6,8,14H,7,9-13H2,1-2H3/p+1. The van der Waals surface area contributed by atoms with Crippen LogP contribution < -0.4 is 4.48 Å². The minimum Gasteiger partial charge on any atom is -0.465 e. The molecule has 1 aliphatic heterocycles. The second-order valence-corrected chi connectivity index (χ2v) is 6.80. The van der Waals surface area contributed by atoms with Crippen molar-refractivity contribution >= 4 is 11.9 Å². The number of nitrogens with zero attached hydrogens (tertiary/aromatic N) is 4. The zero-order valence-electron chi connectivity index (χ0n) is 14.9. The maximum atomic E-state index is 11.3. The van der Waals surface area contributed by atoms with Gasteiger partial charge in [-0.1, -0.05) is 6.07 Å². The van der Waals surface area contributed by atoms with Gasteiger partial charge in [-0.2, -0.15) is 0 Å². The Morgan fingerprint density at radius 1 is 1.24 bits per heavy atom. The van der Waals surface area contributed by atoms with Crippen LogP contribution >= 0.6 is 0 Å². The summed E-state index contributed by atoms with van der Waals surface area (Å²) >= 11 is 0. The summed E-state index contributed by atoms with van der Waals surface area (Å²) in [6, 6.07) is 10.2. The molecular weight excluding hydrogens is 316 g/mol. The van der Waals surface area contributed by atoms with Gasteiger partial charge in [0.05, 0.1) is 19.6 Å². The van der Waals surface area contributed by atoms with Gasteiger partial charge >= 0.3 is 6.09 Å². The van der Waals surface area contributed by atoms with Crippen molar-refractivity contribution in [2.24, 2.45) is 0 Å². The number of pyridine rings is 2. The average Bonchev–Trinajstić information content (AvgIpc) is 2.60. The van der Waals surface area contributed by atoms with E-state index < -0.39 is 6.09 Å². The molecule has 0 bridgehead atoms. The number of aromatic nitrogens is 2. The number of hydrogen-bond donors (Lipinski definition) is 1. The van der Waals surface area contributed by atoms with Crippen LogP contribution in [0.2, 0.25) is 0 Å². The summed E-state index contributed by atoms with van der Waals surface area (Å²) in [4.78, 5) is 22.0. The van der Waals surface area contributed by atoms with Crippen molar-refractivity contribution in [2.45, 2.75) is 20.3 Å². The highest BCUT2D eigenvalue weighted by atomic mass is 16.4. The molecule has 132 valence electrons. The van der Waals surface area contributed by atoms with Gasteiger partial charge in [0.1, 0.15) is 13.1 Å². The van der Waals surface area contributed by atoms with Crippen molar-refractivity contribution in [2.75, 3.05) is 32.7 Å². The third kappa shape index (κ3) is 3.96. The Morgan fingerprint density at radius 2 is 2.00 bits per heavy atom. The van der Waals surface area contributed by atoms with Crippen molar-refractivity contribution < 1.29 is 9.90 Å². The van der Waals surface area contributed by atoms with Gasteiger partial charge in [0.2, 0.25) is 5.82 Å². The molecule has 1 N–H and O–H groups in total. The van der Waals surface area contributed by atoms with E-state index in [1.807, 2.05) is 31.3 Å². The summed E-state index contributed by atoms with van der Waals surface area (Å²) in [6.45, 7) is 7.50. The molecule has 3 rings (SSSR count).